The van der Waals surface area contributed by atoms with Crippen LogP contribution in [-0.2, 0) is 6.61 Å². The quantitative estimate of drug-likeness (QED) is 0.821. The van der Waals surface area contributed by atoms with Crippen molar-refractivity contribution in [2.75, 3.05) is 19.5 Å². The third-order valence-corrected chi connectivity index (χ3v) is 2.75. The van der Waals surface area contributed by atoms with Gasteiger partial charge in [0.25, 0.3) is 0 Å². The summed E-state index contributed by atoms with van der Waals surface area (Å²) in [6.07, 6.45) is 0. The molecule has 20 heavy (non-hydrogen) atoms. The minimum Gasteiger partial charge on any atom is -0.497 e. The Morgan fingerprint density at radius 3 is 2.40 bits per heavy atom. The molecule has 0 aliphatic rings. The number of hydrogen-bond donors (Lipinski definition) is 1. The summed E-state index contributed by atoms with van der Waals surface area (Å²) in [6.45, 7) is 2.98. The molecule has 0 amide bonds. The van der Waals surface area contributed by atoms with E-state index < -0.39 is 0 Å². The molecular formula is C16H19NO3. The van der Waals surface area contributed by atoms with Gasteiger partial charge in [-0.25, -0.2) is 0 Å². The molecule has 0 spiro atoms. The second-order valence-corrected chi connectivity index (χ2v) is 4.31. The normalized spacial score (nSPS) is 10.1. The molecule has 0 atom stereocenters. The lowest BCUT2D eigenvalue weighted by molar-refractivity contribution is 0.299. The van der Waals surface area contributed by atoms with Gasteiger partial charge in [-0.2, -0.15) is 0 Å². The first kappa shape index (κ1) is 14.1. The van der Waals surface area contributed by atoms with Gasteiger partial charge in [0.2, 0.25) is 0 Å². The minimum absolute atomic E-state index is 0.451. The molecule has 0 aliphatic heterocycles. The molecule has 0 fully saturated rings. The minimum atomic E-state index is 0.451. The Balaban J connectivity index is 2.06. The summed E-state index contributed by atoms with van der Waals surface area (Å²) >= 11 is 0. The van der Waals surface area contributed by atoms with Crippen LogP contribution in [0.1, 0.15) is 12.5 Å². The molecule has 0 radical (unpaired) electrons. The van der Waals surface area contributed by atoms with Crippen molar-refractivity contribution < 1.29 is 14.2 Å². The molecule has 0 unspecified atom stereocenters. The fourth-order valence-corrected chi connectivity index (χ4v) is 1.86. The smallest absolute Gasteiger partial charge is 0.125 e. The molecule has 2 rings (SSSR count). The third-order valence-electron chi connectivity index (χ3n) is 2.75. The number of rotatable bonds is 6. The lowest BCUT2D eigenvalue weighted by atomic mass is 10.2. The van der Waals surface area contributed by atoms with E-state index in [1.165, 1.54) is 0 Å². The molecule has 2 aromatic carbocycles. The van der Waals surface area contributed by atoms with Gasteiger partial charge in [-0.05, 0) is 24.6 Å². The summed E-state index contributed by atoms with van der Waals surface area (Å²) in [6, 6.07) is 13.2. The largest absolute Gasteiger partial charge is 0.497 e. The van der Waals surface area contributed by atoms with Crippen molar-refractivity contribution in [1.29, 1.82) is 0 Å². The van der Waals surface area contributed by atoms with Crippen molar-refractivity contribution in [2.45, 2.75) is 13.5 Å². The van der Waals surface area contributed by atoms with Gasteiger partial charge in [0, 0.05) is 23.9 Å². The lowest BCUT2D eigenvalue weighted by Gasteiger charge is -2.10. The number of anilines is 1. The second-order valence-electron chi connectivity index (χ2n) is 4.31. The maximum absolute atomic E-state index is 5.82. The predicted molar refractivity (Wildman–Crippen MR) is 79.3 cm³/mol. The van der Waals surface area contributed by atoms with Crippen molar-refractivity contribution in [3.05, 3.63) is 48.0 Å². The first-order chi connectivity index (χ1) is 9.71. The Labute approximate surface area is 119 Å². The van der Waals surface area contributed by atoms with Crippen LogP contribution in [0.3, 0.4) is 0 Å². The summed E-state index contributed by atoms with van der Waals surface area (Å²) in [5.41, 5.74) is 7.48. The van der Waals surface area contributed by atoms with Gasteiger partial charge >= 0.3 is 0 Å². The van der Waals surface area contributed by atoms with E-state index in [1.54, 1.807) is 19.2 Å². The number of benzene rings is 2. The molecule has 0 saturated carbocycles. The van der Waals surface area contributed by atoms with Gasteiger partial charge in [0.15, 0.2) is 0 Å². The topological polar surface area (TPSA) is 53.7 Å². The summed E-state index contributed by atoms with van der Waals surface area (Å²) in [5, 5.41) is 0. The highest BCUT2D eigenvalue weighted by molar-refractivity contribution is 5.50. The molecule has 4 heteroatoms. The summed E-state index contributed by atoms with van der Waals surface area (Å²) in [4.78, 5) is 0. The molecule has 0 heterocycles. The maximum Gasteiger partial charge on any atom is 0.125 e. The van der Waals surface area contributed by atoms with E-state index in [-0.39, 0.29) is 0 Å². The zero-order valence-corrected chi connectivity index (χ0v) is 11.8. The Morgan fingerprint density at radius 2 is 1.70 bits per heavy atom. The molecule has 0 aromatic heterocycles. The number of methoxy groups -OCH3 is 1. The fourth-order valence-electron chi connectivity index (χ4n) is 1.86. The van der Waals surface area contributed by atoms with Crippen LogP contribution in [0.4, 0.5) is 5.69 Å². The van der Waals surface area contributed by atoms with Crippen LogP contribution in [-0.4, -0.2) is 13.7 Å². The van der Waals surface area contributed by atoms with Gasteiger partial charge < -0.3 is 19.9 Å². The fraction of sp³-hybridized carbons (Fsp3) is 0.250. The highest BCUT2D eigenvalue weighted by atomic mass is 16.5. The number of hydrogen-bond acceptors (Lipinski definition) is 4. The summed E-state index contributed by atoms with van der Waals surface area (Å²) in [5.74, 6) is 2.22. The summed E-state index contributed by atoms with van der Waals surface area (Å²) < 4.78 is 16.4. The zero-order chi connectivity index (χ0) is 14.4. The Hall–Kier alpha value is -2.36. The van der Waals surface area contributed by atoms with Crippen molar-refractivity contribution >= 4 is 5.69 Å². The van der Waals surface area contributed by atoms with Crippen LogP contribution in [0.25, 0.3) is 0 Å². The van der Waals surface area contributed by atoms with Crippen LogP contribution in [0.15, 0.2) is 42.5 Å². The number of nitrogen functional groups attached to an aromatic ring is 1. The van der Waals surface area contributed by atoms with Gasteiger partial charge in [0.05, 0.1) is 13.7 Å². The highest BCUT2D eigenvalue weighted by Gasteiger charge is 2.02. The van der Waals surface area contributed by atoms with Crippen LogP contribution in [0.2, 0.25) is 0 Å². The van der Waals surface area contributed by atoms with Crippen molar-refractivity contribution in [2.24, 2.45) is 0 Å². The van der Waals surface area contributed by atoms with Crippen LogP contribution < -0.4 is 19.9 Å². The molecule has 2 N–H and O–H groups in total. The maximum atomic E-state index is 5.82. The van der Waals surface area contributed by atoms with E-state index in [9.17, 15) is 0 Å². The van der Waals surface area contributed by atoms with Gasteiger partial charge in [-0.1, -0.05) is 12.1 Å². The van der Waals surface area contributed by atoms with Crippen LogP contribution >= 0.6 is 0 Å². The SMILES string of the molecule is CCOc1cc(N)cc(OCc2cccc(OC)c2)c1. The Kier molecular flexibility index (Phi) is 4.71. The van der Waals surface area contributed by atoms with Crippen LogP contribution in [0, 0.1) is 0 Å². The second kappa shape index (κ2) is 6.70. The van der Waals surface area contributed by atoms with Crippen molar-refractivity contribution in [3.8, 4) is 17.2 Å². The molecular weight excluding hydrogens is 254 g/mol. The average Bonchev–Trinajstić information content (AvgIpc) is 2.45. The molecule has 2 aromatic rings. The highest BCUT2D eigenvalue weighted by Crippen LogP contribution is 2.25. The van der Waals surface area contributed by atoms with E-state index in [4.69, 9.17) is 19.9 Å². The molecule has 0 bridgehead atoms. The first-order valence-electron chi connectivity index (χ1n) is 6.50. The molecule has 0 aliphatic carbocycles. The zero-order valence-electron chi connectivity index (χ0n) is 11.8. The lowest BCUT2D eigenvalue weighted by Crippen LogP contribution is -1.98. The average molecular weight is 273 g/mol. The van der Waals surface area contributed by atoms with Crippen molar-refractivity contribution in [1.82, 2.24) is 0 Å². The van der Waals surface area contributed by atoms with E-state index in [0.29, 0.717) is 30.4 Å². The van der Waals surface area contributed by atoms with E-state index in [1.807, 2.05) is 37.3 Å². The van der Waals surface area contributed by atoms with Gasteiger partial charge in [-0.15, -0.1) is 0 Å². The third kappa shape index (κ3) is 3.82. The van der Waals surface area contributed by atoms with E-state index in [0.717, 1.165) is 11.3 Å². The predicted octanol–water partition coefficient (Wildman–Crippen LogP) is 3.26. The first-order valence-corrected chi connectivity index (χ1v) is 6.50. The Bertz CT molecular complexity index is 569. The van der Waals surface area contributed by atoms with Crippen LogP contribution in [0.5, 0.6) is 17.2 Å². The standard InChI is InChI=1S/C16H19NO3/c1-3-19-15-8-13(17)9-16(10-15)20-11-12-5-4-6-14(7-12)18-2/h4-10H,3,11,17H2,1-2H3. The molecule has 0 saturated heterocycles. The monoisotopic (exact) mass is 273 g/mol. The summed E-state index contributed by atoms with van der Waals surface area (Å²) in [7, 11) is 1.65. The number of nitrogens with two attached hydrogens (primary N) is 1. The molecule has 4 nitrogen and oxygen atoms in total. The number of ether oxygens (including phenoxy) is 3. The van der Waals surface area contributed by atoms with E-state index >= 15 is 0 Å². The van der Waals surface area contributed by atoms with E-state index in [2.05, 4.69) is 0 Å². The Morgan fingerprint density at radius 1 is 0.950 bits per heavy atom. The van der Waals surface area contributed by atoms with Gasteiger partial charge in [-0.3, -0.25) is 0 Å². The van der Waals surface area contributed by atoms with Crippen molar-refractivity contribution in [3.63, 3.8) is 0 Å². The van der Waals surface area contributed by atoms with Gasteiger partial charge in [0.1, 0.15) is 23.9 Å². The molecule has 106 valence electrons.